The van der Waals surface area contributed by atoms with Gasteiger partial charge in [0.15, 0.2) is 0 Å². The standard InChI is InChI=1S/C18H36O2/c1-3-5-7-9-10-12-14-18(20)16-15-17(19)13-11-8-6-4-2/h15-20H,3-14H2,1-2H3/b16-15+/t17-,18+/m0/s1. The van der Waals surface area contributed by atoms with Gasteiger partial charge >= 0.3 is 0 Å². The quantitative estimate of drug-likeness (QED) is 0.348. The molecule has 2 N–H and O–H groups in total. The second-order valence-electron chi connectivity index (χ2n) is 5.93. The molecular formula is C18H36O2. The summed E-state index contributed by atoms with van der Waals surface area (Å²) >= 11 is 0. The van der Waals surface area contributed by atoms with Crippen LogP contribution in [0.1, 0.15) is 90.9 Å². The Balaban J connectivity index is 3.48. The molecule has 0 unspecified atom stereocenters. The van der Waals surface area contributed by atoms with Crippen LogP contribution >= 0.6 is 0 Å². The van der Waals surface area contributed by atoms with E-state index in [1.165, 1.54) is 51.4 Å². The Morgan fingerprint density at radius 3 is 1.40 bits per heavy atom. The average molecular weight is 284 g/mol. The number of aliphatic hydroxyl groups excluding tert-OH is 2. The number of hydrogen-bond acceptors (Lipinski definition) is 2. The van der Waals surface area contributed by atoms with Crippen LogP contribution in [0.3, 0.4) is 0 Å². The maximum absolute atomic E-state index is 9.81. The summed E-state index contributed by atoms with van der Waals surface area (Å²) in [4.78, 5) is 0. The van der Waals surface area contributed by atoms with Gasteiger partial charge in [0.25, 0.3) is 0 Å². The van der Waals surface area contributed by atoms with E-state index in [1.807, 2.05) is 0 Å². The molecule has 0 bridgehead atoms. The van der Waals surface area contributed by atoms with Gasteiger partial charge in [0.1, 0.15) is 0 Å². The highest BCUT2D eigenvalue weighted by Crippen LogP contribution is 2.10. The minimum Gasteiger partial charge on any atom is -0.389 e. The van der Waals surface area contributed by atoms with Crippen LogP contribution < -0.4 is 0 Å². The fourth-order valence-corrected chi connectivity index (χ4v) is 2.36. The molecule has 120 valence electrons. The zero-order valence-electron chi connectivity index (χ0n) is 13.7. The van der Waals surface area contributed by atoms with Crippen LogP contribution in [-0.2, 0) is 0 Å². The van der Waals surface area contributed by atoms with E-state index in [2.05, 4.69) is 13.8 Å². The molecule has 0 aliphatic rings. The maximum Gasteiger partial charge on any atom is 0.0721 e. The van der Waals surface area contributed by atoms with Crippen LogP contribution in [0.15, 0.2) is 12.2 Å². The van der Waals surface area contributed by atoms with E-state index in [0.717, 1.165) is 25.7 Å². The molecule has 0 saturated carbocycles. The van der Waals surface area contributed by atoms with Crippen molar-refractivity contribution in [3.63, 3.8) is 0 Å². The number of rotatable bonds is 14. The molecule has 0 aliphatic carbocycles. The molecule has 2 atom stereocenters. The molecule has 0 fully saturated rings. The van der Waals surface area contributed by atoms with E-state index in [4.69, 9.17) is 0 Å². The Bertz CT molecular complexity index is 213. The lowest BCUT2D eigenvalue weighted by molar-refractivity contribution is 0.192. The van der Waals surface area contributed by atoms with Gasteiger partial charge in [0, 0.05) is 0 Å². The second kappa shape index (κ2) is 15.1. The summed E-state index contributed by atoms with van der Waals surface area (Å²) in [5, 5.41) is 19.6. The third-order valence-electron chi connectivity index (χ3n) is 3.76. The van der Waals surface area contributed by atoms with Crippen LogP contribution in [0.2, 0.25) is 0 Å². The third-order valence-corrected chi connectivity index (χ3v) is 3.76. The fraction of sp³-hybridized carbons (Fsp3) is 0.889. The lowest BCUT2D eigenvalue weighted by Gasteiger charge is -2.08. The van der Waals surface area contributed by atoms with Gasteiger partial charge < -0.3 is 10.2 Å². The molecule has 2 heteroatoms. The SMILES string of the molecule is CCCCCCCC[C@@H](O)/C=C/[C@@H](O)CCCCCC. The first-order valence-corrected chi connectivity index (χ1v) is 8.75. The zero-order chi connectivity index (χ0) is 15.1. The topological polar surface area (TPSA) is 40.5 Å². The Hall–Kier alpha value is -0.340. The van der Waals surface area contributed by atoms with Gasteiger partial charge in [-0.3, -0.25) is 0 Å². The molecule has 0 spiro atoms. The van der Waals surface area contributed by atoms with Gasteiger partial charge in [0.05, 0.1) is 12.2 Å². The van der Waals surface area contributed by atoms with Crippen LogP contribution in [0.25, 0.3) is 0 Å². The molecule has 0 radical (unpaired) electrons. The van der Waals surface area contributed by atoms with E-state index in [9.17, 15) is 10.2 Å². The van der Waals surface area contributed by atoms with Gasteiger partial charge in [0.2, 0.25) is 0 Å². The molecular weight excluding hydrogens is 248 g/mol. The molecule has 0 rings (SSSR count). The summed E-state index contributed by atoms with van der Waals surface area (Å²) < 4.78 is 0. The van der Waals surface area contributed by atoms with Crippen molar-refractivity contribution in [3.8, 4) is 0 Å². The highest BCUT2D eigenvalue weighted by Gasteiger charge is 2.02. The Kier molecular flexibility index (Phi) is 14.8. The van der Waals surface area contributed by atoms with Crippen molar-refractivity contribution in [1.29, 1.82) is 0 Å². The van der Waals surface area contributed by atoms with Crippen molar-refractivity contribution in [2.45, 2.75) is 103 Å². The molecule has 0 aromatic carbocycles. The van der Waals surface area contributed by atoms with E-state index in [-0.39, 0.29) is 12.2 Å². The molecule has 0 saturated heterocycles. The predicted molar refractivity (Wildman–Crippen MR) is 87.9 cm³/mol. The van der Waals surface area contributed by atoms with Crippen LogP contribution in [-0.4, -0.2) is 22.4 Å². The van der Waals surface area contributed by atoms with Crippen molar-refractivity contribution < 1.29 is 10.2 Å². The van der Waals surface area contributed by atoms with Gasteiger partial charge in [-0.05, 0) is 12.8 Å². The van der Waals surface area contributed by atoms with Gasteiger partial charge in [-0.15, -0.1) is 0 Å². The summed E-state index contributed by atoms with van der Waals surface area (Å²) in [6.45, 7) is 4.41. The molecule has 20 heavy (non-hydrogen) atoms. The molecule has 0 aromatic heterocycles. The summed E-state index contributed by atoms with van der Waals surface area (Å²) in [5.41, 5.74) is 0. The van der Waals surface area contributed by atoms with E-state index < -0.39 is 0 Å². The second-order valence-corrected chi connectivity index (χ2v) is 5.93. The highest BCUT2D eigenvalue weighted by molar-refractivity contribution is 4.93. The monoisotopic (exact) mass is 284 g/mol. The first-order chi connectivity index (χ1) is 9.70. The van der Waals surface area contributed by atoms with Gasteiger partial charge in [-0.25, -0.2) is 0 Å². The minimum atomic E-state index is -0.383. The first kappa shape index (κ1) is 19.7. The molecule has 0 aromatic rings. The van der Waals surface area contributed by atoms with Crippen LogP contribution in [0, 0.1) is 0 Å². The number of aliphatic hydroxyl groups is 2. The molecule has 0 heterocycles. The normalized spacial score (nSPS) is 14.8. The summed E-state index contributed by atoms with van der Waals surface area (Å²) in [7, 11) is 0. The Labute approximate surface area is 126 Å². The third kappa shape index (κ3) is 14.1. The fourth-order valence-electron chi connectivity index (χ4n) is 2.36. The zero-order valence-corrected chi connectivity index (χ0v) is 13.7. The van der Waals surface area contributed by atoms with Gasteiger partial charge in [-0.2, -0.15) is 0 Å². The van der Waals surface area contributed by atoms with Crippen molar-refractivity contribution in [1.82, 2.24) is 0 Å². The van der Waals surface area contributed by atoms with E-state index >= 15 is 0 Å². The summed E-state index contributed by atoms with van der Waals surface area (Å²) in [6, 6.07) is 0. The lowest BCUT2D eigenvalue weighted by atomic mass is 10.1. The van der Waals surface area contributed by atoms with Crippen molar-refractivity contribution >= 4 is 0 Å². The van der Waals surface area contributed by atoms with Crippen molar-refractivity contribution in [3.05, 3.63) is 12.2 Å². The number of unbranched alkanes of at least 4 members (excludes halogenated alkanes) is 8. The summed E-state index contributed by atoms with van der Waals surface area (Å²) in [5.74, 6) is 0. The van der Waals surface area contributed by atoms with Crippen molar-refractivity contribution in [2.75, 3.05) is 0 Å². The molecule has 2 nitrogen and oxygen atoms in total. The Morgan fingerprint density at radius 2 is 0.950 bits per heavy atom. The van der Waals surface area contributed by atoms with Crippen LogP contribution in [0.4, 0.5) is 0 Å². The maximum atomic E-state index is 9.81. The lowest BCUT2D eigenvalue weighted by Crippen LogP contribution is -2.06. The van der Waals surface area contributed by atoms with E-state index in [1.54, 1.807) is 12.2 Å². The molecule has 0 aliphatic heterocycles. The van der Waals surface area contributed by atoms with E-state index in [0.29, 0.717) is 0 Å². The smallest absolute Gasteiger partial charge is 0.0721 e. The largest absolute Gasteiger partial charge is 0.389 e. The van der Waals surface area contributed by atoms with Crippen LogP contribution in [0.5, 0.6) is 0 Å². The van der Waals surface area contributed by atoms with Gasteiger partial charge in [-0.1, -0.05) is 90.2 Å². The highest BCUT2D eigenvalue weighted by atomic mass is 16.3. The van der Waals surface area contributed by atoms with Crippen molar-refractivity contribution in [2.24, 2.45) is 0 Å². The predicted octanol–water partition coefficient (Wildman–Crippen LogP) is 4.99. The Morgan fingerprint density at radius 1 is 0.600 bits per heavy atom. The molecule has 0 amide bonds. The number of hydrogen-bond donors (Lipinski definition) is 2. The summed E-state index contributed by atoms with van der Waals surface area (Å²) in [6.07, 6.45) is 16.7. The minimum absolute atomic E-state index is 0.383. The first-order valence-electron chi connectivity index (χ1n) is 8.75. The average Bonchev–Trinajstić information content (AvgIpc) is 2.45.